The number of aryl methyl sites for hydroxylation is 1. The summed E-state index contributed by atoms with van der Waals surface area (Å²) in [6.45, 7) is 2.94. The van der Waals surface area contributed by atoms with Gasteiger partial charge in [-0.15, -0.1) is 0 Å². The van der Waals surface area contributed by atoms with Crippen LogP contribution in [-0.2, 0) is 6.42 Å². The van der Waals surface area contributed by atoms with E-state index in [2.05, 4.69) is 12.2 Å². The Bertz CT molecular complexity index is 271. The molecule has 1 atom stereocenters. The SMILES string of the molecule is C[C@@H](CCc1ccc(O)cc1)NCCO. The molecule has 15 heavy (non-hydrogen) atoms. The zero-order chi connectivity index (χ0) is 11.1. The van der Waals surface area contributed by atoms with Gasteiger partial charge in [-0.25, -0.2) is 0 Å². The molecule has 1 aromatic carbocycles. The molecule has 3 N–H and O–H groups in total. The molecular formula is C12H19NO2. The average molecular weight is 209 g/mol. The maximum absolute atomic E-state index is 9.11. The van der Waals surface area contributed by atoms with Crippen molar-refractivity contribution >= 4 is 0 Å². The third-order valence-electron chi connectivity index (χ3n) is 2.41. The van der Waals surface area contributed by atoms with Crippen molar-refractivity contribution in [1.29, 1.82) is 0 Å². The van der Waals surface area contributed by atoms with Crippen molar-refractivity contribution in [1.82, 2.24) is 5.32 Å². The molecule has 0 heterocycles. The van der Waals surface area contributed by atoms with Gasteiger partial charge < -0.3 is 15.5 Å². The molecule has 0 bridgehead atoms. The van der Waals surface area contributed by atoms with E-state index in [4.69, 9.17) is 10.2 Å². The maximum atomic E-state index is 9.11. The van der Waals surface area contributed by atoms with Crippen LogP contribution >= 0.6 is 0 Å². The highest BCUT2D eigenvalue weighted by Crippen LogP contribution is 2.11. The molecule has 0 unspecified atom stereocenters. The monoisotopic (exact) mass is 209 g/mol. The highest BCUT2D eigenvalue weighted by atomic mass is 16.3. The van der Waals surface area contributed by atoms with Crippen LogP contribution in [0.3, 0.4) is 0 Å². The van der Waals surface area contributed by atoms with Crippen LogP contribution < -0.4 is 5.32 Å². The van der Waals surface area contributed by atoms with E-state index in [1.165, 1.54) is 5.56 Å². The zero-order valence-electron chi connectivity index (χ0n) is 9.11. The fourth-order valence-electron chi connectivity index (χ4n) is 1.46. The van der Waals surface area contributed by atoms with Crippen molar-refractivity contribution < 1.29 is 10.2 Å². The summed E-state index contributed by atoms with van der Waals surface area (Å²) in [6, 6.07) is 7.70. The summed E-state index contributed by atoms with van der Waals surface area (Å²) < 4.78 is 0. The van der Waals surface area contributed by atoms with E-state index >= 15 is 0 Å². The Morgan fingerprint density at radius 3 is 2.53 bits per heavy atom. The molecule has 1 aromatic rings. The Kier molecular flexibility index (Phi) is 5.15. The minimum Gasteiger partial charge on any atom is -0.508 e. The number of aliphatic hydroxyl groups excluding tert-OH is 1. The molecule has 0 saturated carbocycles. The lowest BCUT2D eigenvalue weighted by Gasteiger charge is -2.12. The van der Waals surface area contributed by atoms with Gasteiger partial charge in [0, 0.05) is 12.6 Å². The summed E-state index contributed by atoms with van der Waals surface area (Å²) in [5.41, 5.74) is 1.23. The molecule has 84 valence electrons. The number of aliphatic hydroxyl groups is 1. The summed E-state index contributed by atoms with van der Waals surface area (Å²) in [5.74, 6) is 0.310. The third-order valence-corrected chi connectivity index (χ3v) is 2.41. The molecule has 0 fully saturated rings. The quantitative estimate of drug-likeness (QED) is 0.662. The van der Waals surface area contributed by atoms with Gasteiger partial charge in [-0.3, -0.25) is 0 Å². The van der Waals surface area contributed by atoms with E-state index in [1.807, 2.05) is 12.1 Å². The minimum absolute atomic E-state index is 0.184. The molecule has 0 saturated heterocycles. The van der Waals surface area contributed by atoms with Gasteiger partial charge in [-0.05, 0) is 37.5 Å². The highest BCUT2D eigenvalue weighted by Gasteiger charge is 2.01. The second-order valence-electron chi connectivity index (χ2n) is 3.78. The zero-order valence-corrected chi connectivity index (χ0v) is 9.11. The molecule has 0 amide bonds. The molecule has 0 aliphatic rings. The van der Waals surface area contributed by atoms with Gasteiger partial charge in [0.1, 0.15) is 5.75 Å². The van der Waals surface area contributed by atoms with E-state index in [0.717, 1.165) is 12.8 Å². The topological polar surface area (TPSA) is 52.5 Å². The van der Waals surface area contributed by atoms with E-state index in [9.17, 15) is 0 Å². The predicted octanol–water partition coefficient (Wildman–Crippen LogP) is 1.30. The van der Waals surface area contributed by atoms with Crippen molar-refractivity contribution in [2.45, 2.75) is 25.8 Å². The van der Waals surface area contributed by atoms with Crippen LogP contribution in [-0.4, -0.2) is 29.4 Å². The summed E-state index contributed by atoms with van der Waals surface area (Å²) in [7, 11) is 0. The molecule has 0 spiro atoms. The van der Waals surface area contributed by atoms with Crippen molar-refractivity contribution in [3.63, 3.8) is 0 Å². The number of aromatic hydroxyl groups is 1. The van der Waals surface area contributed by atoms with Gasteiger partial charge >= 0.3 is 0 Å². The fourth-order valence-corrected chi connectivity index (χ4v) is 1.46. The smallest absolute Gasteiger partial charge is 0.115 e. The first-order valence-electron chi connectivity index (χ1n) is 5.34. The van der Waals surface area contributed by atoms with Crippen LogP contribution in [0.4, 0.5) is 0 Å². The average Bonchev–Trinajstić information content (AvgIpc) is 2.25. The van der Waals surface area contributed by atoms with E-state index < -0.39 is 0 Å². The van der Waals surface area contributed by atoms with Gasteiger partial charge in [0.05, 0.1) is 6.61 Å². The Morgan fingerprint density at radius 1 is 1.27 bits per heavy atom. The number of hydrogen-bond donors (Lipinski definition) is 3. The molecule has 3 nitrogen and oxygen atoms in total. The molecule has 0 aliphatic heterocycles. The van der Waals surface area contributed by atoms with Crippen LogP contribution in [0.5, 0.6) is 5.75 Å². The summed E-state index contributed by atoms with van der Waals surface area (Å²) >= 11 is 0. The summed E-state index contributed by atoms with van der Waals surface area (Å²) in [6.07, 6.45) is 2.02. The Hall–Kier alpha value is -1.06. The van der Waals surface area contributed by atoms with E-state index in [-0.39, 0.29) is 6.61 Å². The van der Waals surface area contributed by atoms with Crippen molar-refractivity contribution in [3.05, 3.63) is 29.8 Å². The largest absolute Gasteiger partial charge is 0.508 e. The maximum Gasteiger partial charge on any atom is 0.115 e. The van der Waals surface area contributed by atoms with Crippen LogP contribution in [0.1, 0.15) is 18.9 Å². The first kappa shape index (κ1) is 12.0. The second kappa shape index (κ2) is 6.43. The summed E-state index contributed by atoms with van der Waals surface area (Å²) in [4.78, 5) is 0. The van der Waals surface area contributed by atoms with E-state index in [0.29, 0.717) is 18.3 Å². The van der Waals surface area contributed by atoms with Crippen LogP contribution in [0.15, 0.2) is 24.3 Å². The molecule has 3 heteroatoms. The number of phenols is 1. The number of phenolic OH excluding ortho intramolecular Hbond substituents is 1. The number of rotatable bonds is 6. The van der Waals surface area contributed by atoms with Gasteiger partial charge in [-0.1, -0.05) is 12.1 Å². The number of nitrogens with one attached hydrogen (secondary N) is 1. The Morgan fingerprint density at radius 2 is 1.93 bits per heavy atom. The number of benzene rings is 1. The highest BCUT2D eigenvalue weighted by molar-refractivity contribution is 5.25. The van der Waals surface area contributed by atoms with E-state index in [1.54, 1.807) is 12.1 Å². The Balaban J connectivity index is 2.27. The number of hydrogen-bond acceptors (Lipinski definition) is 3. The lowest BCUT2D eigenvalue weighted by molar-refractivity contribution is 0.284. The molecule has 0 aliphatic carbocycles. The van der Waals surface area contributed by atoms with Gasteiger partial charge in [-0.2, -0.15) is 0 Å². The van der Waals surface area contributed by atoms with Crippen LogP contribution in [0, 0.1) is 0 Å². The first-order chi connectivity index (χ1) is 7.22. The molecule has 0 aromatic heterocycles. The molecule has 1 rings (SSSR count). The van der Waals surface area contributed by atoms with Gasteiger partial charge in [0.25, 0.3) is 0 Å². The van der Waals surface area contributed by atoms with Crippen LogP contribution in [0.25, 0.3) is 0 Å². The normalized spacial score (nSPS) is 12.7. The third kappa shape index (κ3) is 4.81. The fraction of sp³-hybridized carbons (Fsp3) is 0.500. The van der Waals surface area contributed by atoms with Crippen molar-refractivity contribution in [2.75, 3.05) is 13.2 Å². The summed E-state index contributed by atoms with van der Waals surface area (Å²) in [5, 5.41) is 21.0. The van der Waals surface area contributed by atoms with Gasteiger partial charge in [0.15, 0.2) is 0 Å². The standard InChI is InChI=1S/C12H19NO2/c1-10(13-8-9-14)2-3-11-4-6-12(15)7-5-11/h4-7,10,13-15H,2-3,8-9H2,1H3/t10-/m0/s1. The van der Waals surface area contributed by atoms with Gasteiger partial charge in [0.2, 0.25) is 0 Å². The molecule has 0 radical (unpaired) electrons. The predicted molar refractivity (Wildman–Crippen MR) is 61.0 cm³/mol. The Labute approximate surface area is 90.8 Å². The lowest BCUT2D eigenvalue weighted by atomic mass is 10.1. The lowest BCUT2D eigenvalue weighted by Crippen LogP contribution is -2.29. The first-order valence-corrected chi connectivity index (χ1v) is 5.34. The van der Waals surface area contributed by atoms with Crippen molar-refractivity contribution in [3.8, 4) is 5.75 Å². The molecular weight excluding hydrogens is 190 g/mol. The minimum atomic E-state index is 0.184. The second-order valence-corrected chi connectivity index (χ2v) is 3.78. The van der Waals surface area contributed by atoms with Crippen LogP contribution in [0.2, 0.25) is 0 Å². The van der Waals surface area contributed by atoms with Crippen molar-refractivity contribution in [2.24, 2.45) is 0 Å².